The first-order valence-electron chi connectivity index (χ1n) is 11.0. The lowest BCUT2D eigenvalue weighted by atomic mass is 9.65. The molecule has 0 bridgehead atoms. The fourth-order valence-electron chi connectivity index (χ4n) is 4.80. The summed E-state index contributed by atoms with van der Waals surface area (Å²) in [6.07, 6.45) is 1.77. The van der Waals surface area contributed by atoms with Crippen molar-refractivity contribution < 1.29 is 9.47 Å². The molecule has 2 nitrogen and oxygen atoms in total. The highest BCUT2D eigenvalue weighted by Crippen LogP contribution is 2.54. The molecule has 3 atom stereocenters. The molecule has 0 amide bonds. The highest BCUT2D eigenvalue weighted by molar-refractivity contribution is 5.43. The molecule has 2 heteroatoms. The second-order valence-corrected chi connectivity index (χ2v) is 10.7. The molecule has 0 saturated heterocycles. The molecule has 1 aliphatic rings. The molecule has 0 N–H and O–H groups in total. The Morgan fingerprint density at radius 3 is 2.24 bits per heavy atom. The van der Waals surface area contributed by atoms with E-state index in [2.05, 4.69) is 84.0 Å². The van der Waals surface area contributed by atoms with Crippen LogP contribution in [0.1, 0.15) is 71.1 Å². The summed E-state index contributed by atoms with van der Waals surface area (Å²) in [6.45, 7) is 16.9. The van der Waals surface area contributed by atoms with E-state index in [1.54, 1.807) is 0 Å². The Labute approximate surface area is 177 Å². The van der Waals surface area contributed by atoms with Crippen LogP contribution in [0.3, 0.4) is 0 Å². The standard InChI is InChI=1S/C27H38O2/c1-19(28-16-15-20-11-9-8-10-12-20)29-22-13-14-23-21(17-22)18-24(26(2,3)4)25(23)27(5,6)7/h8-14,17,19,24-25H,15-16,18H2,1-7H3. The van der Waals surface area contributed by atoms with E-state index < -0.39 is 0 Å². The Bertz CT molecular complexity index is 796. The maximum Gasteiger partial charge on any atom is 0.196 e. The van der Waals surface area contributed by atoms with Crippen molar-refractivity contribution in [1.82, 2.24) is 0 Å². The summed E-state index contributed by atoms with van der Waals surface area (Å²) in [4.78, 5) is 0. The Kier molecular flexibility index (Phi) is 6.43. The Morgan fingerprint density at radius 2 is 1.62 bits per heavy atom. The summed E-state index contributed by atoms with van der Waals surface area (Å²) in [5, 5.41) is 0. The van der Waals surface area contributed by atoms with Crippen molar-refractivity contribution in [3.8, 4) is 5.75 Å². The second kappa shape index (κ2) is 8.52. The molecular formula is C27H38O2. The van der Waals surface area contributed by atoms with Crippen LogP contribution in [0.25, 0.3) is 0 Å². The Balaban J connectivity index is 1.65. The van der Waals surface area contributed by atoms with Crippen molar-refractivity contribution in [3.05, 3.63) is 65.2 Å². The SMILES string of the molecule is CC(OCCc1ccccc1)Oc1ccc2c(c1)CC(C(C)(C)C)C2C(C)(C)C. The third-order valence-electron chi connectivity index (χ3n) is 6.23. The van der Waals surface area contributed by atoms with E-state index in [9.17, 15) is 0 Å². The average molecular weight is 395 g/mol. The fraction of sp³-hybridized carbons (Fsp3) is 0.556. The molecule has 158 valence electrons. The van der Waals surface area contributed by atoms with Gasteiger partial charge in [0.05, 0.1) is 6.61 Å². The molecule has 3 rings (SSSR count). The summed E-state index contributed by atoms with van der Waals surface area (Å²) < 4.78 is 12.0. The van der Waals surface area contributed by atoms with E-state index in [0.29, 0.717) is 18.4 Å². The number of hydrogen-bond donors (Lipinski definition) is 0. The van der Waals surface area contributed by atoms with Gasteiger partial charge in [-0.05, 0) is 71.3 Å². The van der Waals surface area contributed by atoms with Crippen molar-refractivity contribution in [2.45, 2.75) is 73.5 Å². The molecule has 0 fully saturated rings. The zero-order valence-corrected chi connectivity index (χ0v) is 19.3. The summed E-state index contributed by atoms with van der Waals surface area (Å²) >= 11 is 0. The van der Waals surface area contributed by atoms with Crippen LogP contribution in [0.4, 0.5) is 0 Å². The molecule has 1 aliphatic carbocycles. The van der Waals surface area contributed by atoms with Gasteiger partial charge in [-0.2, -0.15) is 0 Å². The quantitative estimate of drug-likeness (QED) is 0.490. The van der Waals surface area contributed by atoms with Gasteiger partial charge in [0.15, 0.2) is 6.29 Å². The monoisotopic (exact) mass is 394 g/mol. The van der Waals surface area contributed by atoms with Gasteiger partial charge in [-0.25, -0.2) is 0 Å². The van der Waals surface area contributed by atoms with Gasteiger partial charge in [-0.3, -0.25) is 0 Å². The van der Waals surface area contributed by atoms with Crippen LogP contribution in [0.2, 0.25) is 0 Å². The molecule has 2 aromatic carbocycles. The zero-order valence-electron chi connectivity index (χ0n) is 19.3. The number of fused-ring (bicyclic) bond motifs is 1. The first-order chi connectivity index (χ1) is 13.6. The molecular weight excluding hydrogens is 356 g/mol. The Morgan fingerprint density at radius 1 is 0.931 bits per heavy atom. The number of ether oxygens (including phenoxy) is 2. The number of rotatable bonds is 6. The van der Waals surface area contributed by atoms with Gasteiger partial charge < -0.3 is 9.47 Å². The molecule has 0 heterocycles. The van der Waals surface area contributed by atoms with Crippen LogP contribution in [0.5, 0.6) is 5.75 Å². The van der Waals surface area contributed by atoms with Crippen molar-refractivity contribution in [3.63, 3.8) is 0 Å². The summed E-state index contributed by atoms with van der Waals surface area (Å²) in [5.74, 6) is 2.14. The van der Waals surface area contributed by atoms with Gasteiger partial charge >= 0.3 is 0 Å². The fourth-order valence-corrected chi connectivity index (χ4v) is 4.80. The second-order valence-electron chi connectivity index (χ2n) is 10.7. The van der Waals surface area contributed by atoms with Crippen LogP contribution in [-0.2, 0) is 17.6 Å². The first kappa shape index (κ1) is 21.9. The Hall–Kier alpha value is -1.80. The van der Waals surface area contributed by atoms with Gasteiger partial charge in [0.2, 0.25) is 0 Å². The average Bonchev–Trinajstić information content (AvgIpc) is 3.02. The third kappa shape index (κ3) is 5.42. The topological polar surface area (TPSA) is 18.5 Å². The van der Waals surface area contributed by atoms with Crippen molar-refractivity contribution in [2.24, 2.45) is 16.7 Å². The molecule has 3 unspecified atom stereocenters. The number of benzene rings is 2. The van der Waals surface area contributed by atoms with Gasteiger partial charge in [0, 0.05) is 0 Å². The largest absolute Gasteiger partial charge is 0.465 e. The molecule has 0 aromatic heterocycles. The first-order valence-corrected chi connectivity index (χ1v) is 11.0. The van der Waals surface area contributed by atoms with E-state index in [1.807, 2.05) is 13.0 Å². The lowest BCUT2D eigenvalue weighted by molar-refractivity contribution is -0.0654. The maximum absolute atomic E-state index is 6.10. The van der Waals surface area contributed by atoms with Crippen molar-refractivity contribution in [2.75, 3.05) is 6.61 Å². The lowest BCUT2D eigenvalue weighted by Crippen LogP contribution is -2.31. The van der Waals surface area contributed by atoms with Crippen LogP contribution in [-0.4, -0.2) is 12.9 Å². The van der Waals surface area contributed by atoms with E-state index in [-0.39, 0.29) is 17.1 Å². The maximum atomic E-state index is 6.10. The zero-order chi connectivity index (χ0) is 21.2. The summed E-state index contributed by atoms with van der Waals surface area (Å²) in [7, 11) is 0. The third-order valence-corrected chi connectivity index (χ3v) is 6.23. The van der Waals surface area contributed by atoms with E-state index >= 15 is 0 Å². The summed E-state index contributed by atoms with van der Waals surface area (Å²) in [5.41, 5.74) is 4.77. The van der Waals surface area contributed by atoms with E-state index in [0.717, 1.165) is 18.6 Å². The van der Waals surface area contributed by atoms with E-state index in [4.69, 9.17) is 9.47 Å². The lowest BCUT2D eigenvalue weighted by Gasteiger charge is -2.40. The molecule has 2 aromatic rings. The molecule has 0 spiro atoms. The van der Waals surface area contributed by atoms with Gasteiger partial charge in [0.1, 0.15) is 5.75 Å². The van der Waals surface area contributed by atoms with Crippen LogP contribution in [0.15, 0.2) is 48.5 Å². The predicted octanol–water partition coefficient (Wildman–Crippen LogP) is 7.02. The van der Waals surface area contributed by atoms with E-state index in [1.165, 1.54) is 16.7 Å². The van der Waals surface area contributed by atoms with Crippen molar-refractivity contribution >= 4 is 0 Å². The molecule has 29 heavy (non-hydrogen) atoms. The van der Waals surface area contributed by atoms with Gasteiger partial charge in [0.25, 0.3) is 0 Å². The minimum absolute atomic E-state index is 0.249. The van der Waals surface area contributed by atoms with Gasteiger partial charge in [-0.15, -0.1) is 0 Å². The highest BCUT2D eigenvalue weighted by atomic mass is 16.7. The van der Waals surface area contributed by atoms with Gasteiger partial charge in [-0.1, -0.05) is 77.9 Å². The molecule has 0 aliphatic heterocycles. The molecule has 0 radical (unpaired) electrons. The highest BCUT2D eigenvalue weighted by Gasteiger charge is 2.44. The van der Waals surface area contributed by atoms with Crippen LogP contribution >= 0.6 is 0 Å². The predicted molar refractivity (Wildman–Crippen MR) is 121 cm³/mol. The van der Waals surface area contributed by atoms with Crippen molar-refractivity contribution in [1.29, 1.82) is 0 Å². The van der Waals surface area contributed by atoms with Crippen LogP contribution < -0.4 is 4.74 Å². The minimum Gasteiger partial charge on any atom is -0.465 e. The molecule has 0 saturated carbocycles. The normalized spacial score (nSPS) is 20.4. The minimum atomic E-state index is -0.255. The number of hydrogen-bond acceptors (Lipinski definition) is 2. The summed E-state index contributed by atoms with van der Waals surface area (Å²) in [6, 6.07) is 17.1. The smallest absolute Gasteiger partial charge is 0.196 e. The van der Waals surface area contributed by atoms with Crippen LogP contribution in [0, 0.1) is 16.7 Å².